The fraction of sp³-hybridized carbons (Fsp3) is 0.250. The Morgan fingerprint density at radius 1 is 1.42 bits per heavy atom. The average molecular weight is 248 g/mol. The van der Waals surface area contributed by atoms with Gasteiger partial charge in [-0.2, -0.15) is 0 Å². The molecule has 0 atom stereocenters. The fourth-order valence-electron chi connectivity index (χ4n) is 1.02. The third-order valence-corrected chi connectivity index (χ3v) is 3.63. The van der Waals surface area contributed by atoms with Crippen LogP contribution in [-0.4, -0.2) is 13.3 Å². The molecule has 0 radical (unpaired) electrons. The molecule has 0 saturated heterocycles. The van der Waals surface area contributed by atoms with Gasteiger partial charge < -0.3 is 10.3 Å². The van der Waals surface area contributed by atoms with Crippen molar-refractivity contribution in [1.29, 1.82) is 0 Å². The Morgan fingerprint density at radius 2 is 2.00 bits per heavy atom. The molecule has 2 nitrogen and oxygen atoms in total. The number of anilines is 1. The minimum atomic E-state index is -2.22. The molecule has 1 aromatic carbocycles. The summed E-state index contributed by atoms with van der Waals surface area (Å²) in [6, 6.07) is 5.43. The molecule has 66 valence electrons. The zero-order valence-electron chi connectivity index (χ0n) is 7.04. The molecular formula is C8H11BrNOP. The predicted molar refractivity (Wildman–Crippen MR) is 57.6 cm³/mol. The van der Waals surface area contributed by atoms with Gasteiger partial charge in [0.15, 0.2) is 0 Å². The molecule has 0 spiro atoms. The van der Waals surface area contributed by atoms with E-state index in [2.05, 4.69) is 15.9 Å². The molecule has 12 heavy (non-hydrogen) atoms. The van der Waals surface area contributed by atoms with Crippen LogP contribution in [0.3, 0.4) is 0 Å². The van der Waals surface area contributed by atoms with Crippen LogP contribution in [0.1, 0.15) is 0 Å². The van der Waals surface area contributed by atoms with Gasteiger partial charge in [0.05, 0.1) is 0 Å². The smallest absolute Gasteiger partial charge is 0.111 e. The van der Waals surface area contributed by atoms with E-state index in [9.17, 15) is 4.57 Å². The molecule has 2 N–H and O–H groups in total. The van der Waals surface area contributed by atoms with Crippen LogP contribution in [0.2, 0.25) is 0 Å². The lowest BCUT2D eigenvalue weighted by molar-refractivity contribution is 0.588. The summed E-state index contributed by atoms with van der Waals surface area (Å²) in [4.78, 5) is 0. The third-order valence-electron chi connectivity index (χ3n) is 1.57. The molecule has 0 saturated carbocycles. The maximum Gasteiger partial charge on any atom is 0.111 e. The lowest BCUT2D eigenvalue weighted by Crippen LogP contribution is -2.09. The lowest BCUT2D eigenvalue weighted by Gasteiger charge is -2.09. The van der Waals surface area contributed by atoms with Gasteiger partial charge in [0.25, 0.3) is 0 Å². The standard InChI is InChI=1S/C8H11BrNOP/c1-12(2,11)8-4-3-6(9)5-7(8)10/h3-5H,10H2,1-2H3. The van der Waals surface area contributed by atoms with E-state index in [1.807, 2.05) is 6.07 Å². The second-order valence-corrected chi connectivity index (χ2v) is 7.15. The fourth-order valence-corrected chi connectivity index (χ4v) is 2.51. The largest absolute Gasteiger partial charge is 0.398 e. The molecule has 0 fully saturated rings. The van der Waals surface area contributed by atoms with Crippen molar-refractivity contribution in [2.75, 3.05) is 19.1 Å². The normalized spacial score (nSPS) is 11.6. The highest BCUT2D eigenvalue weighted by molar-refractivity contribution is 9.10. The molecule has 0 aliphatic carbocycles. The highest BCUT2D eigenvalue weighted by atomic mass is 79.9. The summed E-state index contributed by atoms with van der Waals surface area (Å²) in [7, 11) is -2.22. The van der Waals surface area contributed by atoms with Crippen LogP contribution in [0.25, 0.3) is 0 Å². The second kappa shape index (κ2) is 3.23. The van der Waals surface area contributed by atoms with Gasteiger partial charge in [0.1, 0.15) is 7.14 Å². The average Bonchev–Trinajstić information content (AvgIpc) is 1.83. The van der Waals surface area contributed by atoms with Crippen LogP contribution in [0, 0.1) is 0 Å². The van der Waals surface area contributed by atoms with Gasteiger partial charge in [-0.05, 0) is 31.5 Å². The first kappa shape index (κ1) is 9.82. The first-order valence-electron chi connectivity index (χ1n) is 3.52. The Balaban J connectivity index is 3.28. The SMILES string of the molecule is CP(C)(=O)c1ccc(Br)cc1N. The van der Waals surface area contributed by atoms with Crippen molar-refractivity contribution in [2.24, 2.45) is 0 Å². The summed E-state index contributed by atoms with van der Waals surface area (Å²) < 4.78 is 12.6. The Hall–Kier alpha value is -0.270. The maximum absolute atomic E-state index is 11.7. The van der Waals surface area contributed by atoms with Crippen molar-refractivity contribution in [2.45, 2.75) is 0 Å². The summed E-state index contributed by atoms with van der Waals surface area (Å²) in [5.41, 5.74) is 6.30. The minimum absolute atomic E-state index is 0.595. The maximum atomic E-state index is 11.7. The monoisotopic (exact) mass is 247 g/mol. The van der Waals surface area contributed by atoms with E-state index in [0.717, 1.165) is 9.78 Å². The second-order valence-electron chi connectivity index (χ2n) is 3.05. The van der Waals surface area contributed by atoms with E-state index in [0.29, 0.717) is 5.69 Å². The van der Waals surface area contributed by atoms with Crippen molar-refractivity contribution in [3.63, 3.8) is 0 Å². The molecule has 0 aliphatic rings. The van der Waals surface area contributed by atoms with Crippen LogP contribution in [-0.2, 0) is 4.57 Å². The number of nitrogen functional groups attached to an aromatic ring is 1. The molecule has 0 aliphatic heterocycles. The topological polar surface area (TPSA) is 43.1 Å². The number of rotatable bonds is 1. The summed E-state index contributed by atoms with van der Waals surface area (Å²) in [5, 5.41) is 0.755. The van der Waals surface area contributed by atoms with Gasteiger partial charge in [0, 0.05) is 15.5 Å². The van der Waals surface area contributed by atoms with Crippen LogP contribution in [0.15, 0.2) is 22.7 Å². The Labute approximate surface area is 80.7 Å². The summed E-state index contributed by atoms with van der Waals surface area (Å²) in [6.07, 6.45) is 0. The Kier molecular flexibility index (Phi) is 2.64. The molecule has 4 heteroatoms. The van der Waals surface area contributed by atoms with Crippen LogP contribution in [0.4, 0.5) is 5.69 Å². The van der Waals surface area contributed by atoms with Gasteiger partial charge in [-0.15, -0.1) is 0 Å². The van der Waals surface area contributed by atoms with Crippen molar-refractivity contribution < 1.29 is 4.57 Å². The summed E-state index contributed by atoms with van der Waals surface area (Å²) in [6.45, 7) is 3.43. The predicted octanol–water partition coefficient (Wildman–Crippen LogP) is 2.28. The zero-order chi connectivity index (χ0) is 9.35. The van der Waals surface area contributed by atoms with Crippen LogP contribution in [0.5, 0.6) is 0 Å². The molecule has 0 heterocycles. The molecule has 1 aromatic rings. The van der Waals surface area contributed by atoms with E-state index < -0.39 is 7.14 Å². The first-order valence-corrected chi connectivity index (χ1v) is 6.91. The summed E-state index contributed by atoms with van der Waals surface area (Å²) >= 11 is 3.29. The number of nitrogens with two attached hydrogens (primary N) is 1. The van der Waals surface area contributed by atoms with Gasteiger partial charge in [0.2, 0.25) is 0 Å². The van der Waals surface area contributed by atoms with E-state index in [1.165, 1.54) is 0 Å². The first-order chi connectivity index (χ1) is 5.41. The number of hydrogen-bond acceptors (Lipinski definition) is 2. The molecule has 0 bridgehead atoms. The van der Waals surface area contributed by atoms with E-state index >= 15 is 0 Å². The molecule has 0 amide bonds. The van der Waals surface area contributed by atoms with E-state index in [4.69, 9.17) is 5.73 Å². The lowest BCUT2D eigenvalue weighted by atomic mass is 10.3. The number of hydrogen-bond donors (Lipinski definition) is 1. The van der Waals surface area contributed by atoms with Crippen molar-refractivity contribution in [3.8, 4) is 0 Å². The van der Waals surface area contributed by atoms with Crippen molar-refractivity contribution in [3.05, 3.63) is 22.7 Å². The highest BCUT2D eigenvalue weighted by Gasteiger charge is 2.13. The third kappa shape index (κ3) is 2.11. The minimum Gasteiger partial charge on any atom is -0.398 e. The summed E-state index contributed by atoms with van der Waals surface area (Å²) in [5.74, 6) is 0. The molecular weight excluding hydrogens is 237 g/mol. The Morgan fingerprint density at radius 3 is 2.42 bits per heavy atom. The van der Waals surface area contributed by atoms with Gasteiger partial charge in [-0.25, -0.2) is 0 Å². The molecule has 1 rings (SSSR count). The van der Waals surface area contributed by atoms with Gasteiger partial charge in [-0.3, -0.25) is 0 Å². The van der Waals surface area contributed by atoms with Crippen LogP contribution < -0.4 is 11.0 Å². The van der Waals surface area contributed by atoms with E-state index in [-0.39, 0.29) is 0 Å². The zero-order valence-corrected chi connectivity index (χ0v) is 9.52. The van der Waals surface area contributed by atoms with Crippen molar-refractivity contribution >= 4 is 34.1 Å². The highest BCUT2D eigenvalue weighted by Crippen LogP contribution is 2.37. The van der Waals surface area contributed by atoms with Crippen LogP contribution >= 0.6 is 23.1 Å². The quantitative estimate of drug-likeness (QED) is 0.612. The van der Waals surface area contributed by atoms with Crippen molar-refractivity contribution in [1.82, 2.24) is 0 Å². The molecule has 0 aromatic heterocycles. The van der Waals surface area contributed by atoms with Gasteiger partial charge in [-0.1, -0.05) is 15.9 Å². The number of halogens is 1. The number of benzene rings is 1. The van der Waals surface area contributed by atoms with Gasteiger partial charge >= 0.3 is 0 Å². The molecule has 0 unspecified atom stereocenters. The van der Waals surface area contributed by atoms with E-state index in [1.54, 1.807) is 25.5 Å². The Bertz CT molecular complexity index is 345.